The highest BCUT2D eigenvalue weighted by Gasteiger charge is 2.69. The summed E-state index contributed by atoms with van der Waals surface area (Å²) in [5.41, 5.74) is 3.25. The Morgan fingerprint density at radius 3 is 2.44 bits per heavy atom. The van der Waals surface area contributed by atoms with Crippen LogP contribution in [0.15, 0.2) is 12.1 Å². The lowest BCUT2D eigenvalue weighted by molar-refractivity contribution is -0.181. The van der Waals surface area contributed by atoms with Crippen molar-refractivity contribution < 1.29 is 34.2 Å². The minimum absolute atomic E-state index is 0.0104. The topological polar surface area (TPSA) is 155 Å². The van der Waals surface area contributed by atoms with Crippen LogP contribution in [0.5, 0.6) is 5.75 Å². The number of terminal acetylenes is 1. The summed E-state index contributed by atoms with van der Waals surface area (Å²) in [7, 11) is 3.06. The Morgan fingerprint density at radius 1 is 1.22 bits per heavy atom. The van der Waals surface area contributed by atoms with E-state index in [1.807, 2.05) is 0 Å². The van der Waals surface area contributed by atoms with E-state index >= 15 is 0 Å². The number of Topliss-reactive ketones (excluding diaryl/α,β-unsaturated/α-hetero) is 4. The summed E-state index contributed by atoms with van der Waals surface area (Å²) in [5.74, 6) is -8.25. The Bertz CT molecular complexity index is 1150. The van der Waals surface area contributed by atoms with Gasteiger partial charge in [-0.2, -0.15) is 0 Å². The fraction of sp³-hybridized carbons (Fsp3) is 0.435. The lowest BCUT2D eigenvalue weighted by Crippen LogP contribution is -2.74. The summed E-state index contributed by atoms with van der Waals surface area (Å²) in [6, 6.07) is 1.62. The fourth-order valence-electron chi connectivity index (χ4n) is 5.74. The number of carbonyl (C=O) groups excluding carboxylic acids is 5. The molecule has 32 heavy (non-hydrogen) atoms. The third kappa shape index (κ3) is 2.63. The standard InChI is InChI=1S/C23H22N2O7/c1-4-9-5-6-13(26)15-11(9)7-10-8-12-17(25(2)3)19(28)16(22(24)31)21(30)23(12,32)20(29)14(10)18(15)27/h1,5-6,10,12,14,16-17,26,32H,7-8H2,2-3H3,(H2,24,31)/t10-,12-,14?,16?,17-,23-/m0/s1. The van der Waals surface area contributed by atoms with E-state index in [0.29, 0.717) is 11.1 Å². The summed E-state index contributed by atoms with van der Waals surface area (Å²) >= 11 is 0. The average molecular weight is 438 g/mol. The van der Waals surface area contributed by atoms with Gasteiger partial charge in [0.1, 0.15) is 5.75 Å². The SMILES string of the molecule is C#Cc1ccc(O)c2c1C[C@H]1C[C@H]3[C@H](N(C)C)C(=O)C(C(N)=O)C(=O)[C@@]3(O)C(=O)C1C2=O. The smallest absolute Gasteiger partial charge is 0.235 e. The molecule has 4 rings (SSSR count). The number of carbonyl (C=O) groups is 5. The van der Waals surface area contributed by atoms with Crippen molar-refractivity contribution in [3.63, 3.8) is 0 Å². The van der Waals surface area contributed by atoms with Crippen molar-refractivity contribution in [2.45, 2.75) is 24.5 Å². The van der Waals surface area contributed by atoms with Crippen molar-refractivity contribution >= 4 is 29.0 Å². The maximum atomic E-state index is 13.6. The van der Waals surface area contributed by atoms with E-state index in [9.17, 15) is 34.2 Å². The molecule has 1 aromatic rings. The first-order valence-corrected chi connectivity index (χ1v) is 10.1. The zero-order valence-electron chi connectivity index (χ0n) is 17.5. The van der Waals surface area contributed by atoms with Crippen LogP contribution in [-0.2, 0) is 25.6 Å². The molecular weight excluding hydrogens is 416 g/mol. The third-order valence-electron chi connectivity index (χ3n) is 7.10. The molecule has 0 spiro atoms. The van der Waals surface area contributed by atoms with E-state index in [0.717, 1.165) is 0 Å². The number of nitrogens with two attached hydrogens (primary N) is 1. The highest BCUT2D eigenvalue weighted by molar-refractivity contribution is 6.32. The van der Waals surface area contributed by atoms with Crippen LogP contribution >= 0.6 is 0 Å². The van der Waals surface area contributed by atoms with Crippen LogP contribution in [0.2, 0.25) is 0 Å². The number of amides is 1. The van der Waals surface area contributed by atoms with E-state index in [-0.39, 0.29) is 24.2 Å². The van der Waals surface area contributed by atoms with Crippen LogP contribution in [0.4, 0.5) is 0 Å². The minimum Gasteiger partial charge on any atom is -0.507 e. The summed E-state index contributed by atoms with van der Waals surface area (Å²) in [4.78, 5) is 66.3. The van der Waals surface area contributed by atoms with Gasteiger partial charge in [-0.05, 0) is 50.6 Å². The molecule has 9 heteroatoms. The molecule has 0 aliphatic heterocycles. The molecule has 0 aromatic heterocycles. The number of phenols is 1. The van der Waals surface area contributed by atoms with E-state index in [1.165, 1.54) is 31.1 Å². The van der Waals surface area contributed by atoms with Gasteiger partial charge in [0.15, 0.2) is 34.7 Å². The van der Waals surface area contributed by atoms with Crippen LogP contribution in [-0.4, -0.2) is 69.9 Å². The lowest BCUT2D eigenvalue weighted by Gasteiger charge is -2.52. The molecule has 6 atom stereocenters. The molecule has 2 unspecified atom stereocenters. The Balaban J connectivity index is 1.90. The number of fused-ring (bicyclic) bond motifs is 3. The largest absolute Gasteiger partial charge is 0.507 e. The summed E-state index contributed by atoms with van der Waals surface area (Å²) in [6.45, 7) is 0. The van der Waals surface area contributed by atoms with Crippen molar-refractivity contribution in [3.05, 3.63) is 28.8 Å². The Kier molecular flexibility index (Phi) is 4.84. The van der Waals surface area contributed by atoms with Gasteiger partial charge in [-0.15, -0.1) is 6.42 Å². The number of likely N-dealkylation sites (N-methyl/N-ethyl adjacent to an activating group) is 1. The number of nitrogens with zero attached hydrogens (tertiary/aromatic N) is 1. The molecule has 0 radical (unpaired) electrons. The van der Waals surface area contributed by atoms with E-state index in [4.69, 9.17) is 12.2 Å². The van der Waals surface area contributed by atoms with Crippen molar-refractivity contribution in [2.75, 3.05) is 14.1 Å². The minimum atomic E-state index is -2.73. The second-order valence-corrected chi connectivity index (χ2v) is 8.92. The number of hydrogen-bond donors (Lipinski definition) is 3. The molecule has 4 N–H and O–H groups in total. The molecule has 1 amide bonds. The molecule has 166 valence electrons. The van der Waals surface area contributed by atoms with Crippen molar-refractivity contribution in [1.29, 1.82) is 0 Å². The molecule has 2 saturated carbocycles. The molecule has 0 heterocycles. The van der Waals surface area contributed by atoms with Crippen molar-refractivity contribution in [2.24, 2.45) is 29.4 Å². The third-order valence-corrected chi connectivity index (χ3v) is 7.10. The van der Waals surface area contributed by atoms with E-state index in [2.05, 4.69) is 5.92 Å². The van der Waals surface area contributed by atoms with Gasteiger partial charge in [0, 0.05) is 11.5 Å². The Labute approximate surface area is 183 Å². The van der Waals surface area contributed by atoms with Crippen LogP contribution in [0.1, 0.15) is 27.9 Å². The Morgan fingerprint density at radius 2 is 1.88 bits per heavy atom. The van der Waals surface area contributed by atoms with Gasteiger partial charge in [-0.3, -0.25) is 28.9 Å². The second kappa shape index (κ2) is 7.08. The van der Waals surface area contributed by atoms with Gasteiger partial charge in [-0.1, -0.05) is 5.92 Å². The van der Waals surface area contributed by atoms with Crippen LogP contribution < -0.4 is 5.73 Å². The quantitative estimate of drug-likeness (QED) is 0.386. The fourth-order valence-corrected chi connectivity index (χ4v) is 5.74. The summed E-state index contributed by atoms with van der Waals surface area (Å²) in [6.07, 6.45) is 5.69. The number of aromatic hydroxyl groups is 1. The number of primary amides is 1. The highest BCUT2D eigenvalue weighted by Crippen LogP contribution is 2.50. The summed E-state index contributed by atoms with van der Waals surface area (Å²) in [5, 5.41) is 21.7. The van der Waals surface area contributed by atoms with Gasteiger partial charge < -0.3 is 15.9 Å². The predicted molar refractivity (Wildman–Crippen MR) is 109 cm³/mol. The molecule has 1 aromatic carbocycles. The Hall–Kier alpha value is -3.35. The first kappa shape index (κ1) is 21.9. The number of phenolic OH excluding ortho intramolecular Hbond substituents is 1. The van der Waals surface area contributed by atoms with Crippen LogP contribution in [0.25, 0.3) is 0 Å². The molecule has 0 saturated heterocycles. The number of hydrogen-bond acceptors (Lipinski definition) is 8. The normalized spacial score (nSPS) is 33.9. The molecule has 0 bridgehead atoms. The number of aliphatic hydroxyl groups is 1. The zero-order valence-corrected chi connectivity index (χ0v) is 17.5. The molecular formula is C23H22N2O7. The van der Waals surface area contributed by atoms with E-state index < -0.39 is 64.4 Å². The van der Waals surface area contributed by atoms with Gasteiger partial charge in [0.05, 0.1) is 17.5 Å². The number of benzene rings is 1. The molecule has 3 aliphatic carbocycles. The molecule has 2 fully saturated rings. The predicted octanol–water partition coefficient (Wildman–Crippen LogP) is -1.15. The summed E-state index contributed by atoms with van der Waals surface area (Å²) < 4.78 is 0. The van der Waals surface area contributed by atoms with Gasteiger partial charge in [-0.25, -0.2) is 0 Å². The number of ketones is 4. The lowest BCUT2D eigenvalue weighted by atomic mass is 9.52. The van der Waals surface area contributed by atoms with Crippen molar-refractivity contribution in [1.82, 2.24) is 4.90 Å². The maximum absolute atomic E-state index is 13.6. The molecule has 3 aliphatic rings. The zero-order chi connectivity index (χ0) is 23.7. The maximum Gasteiger partial charge on any atom is 0.235 e. The van der Waals surface area contributed by atoms with Crippen LogP contribution in [0, 0.1) is 36.0 Å². The second-order valence-electron chi connectivity index (χ2n) is 8.92. The average Bonchev–Trinajstić information content (AvgIpc) is 2.70. The first-order chi connectivity index (χ1) is 15.0. The van der Waals surface area contributed by atoms with Gasteiger partial charge in [0.25, 0.3) is 0 Å². The molecule has 9 nitrogen and oxygen atoms in total. The number of rotatable bonds is 2. The monoisotopic (exact) mass is 438 g/mol. The van der Waals surface area contributed by atoms with Crippen molar-refractivity contribution in [3.8, 4) is 18.1 Å². The van der Waals surface area contributed by atoms with E-state index in [1.54, 1.807) is 0 Å². The van der Waals surface area contributed by atoms with Gasteiger partial charge in [0.2, 0.25) is 5.91 Å². The van der Waals surface area contributed by atoms with Crippen LogP contribution in [0.3, 0.4) is 0 Å². The highest BCUT2D eigenvalue weighted by atomic mass is 16.3. The first-order valence-electron chi connectivity index (χ1n) is 10.1. The van der Waals surface area contributed by atoms with Gasteiger partial charge >= 0.3 is 0 Å².